The molecule has 2 aliphatic rings. The lowest BCUT2D eigenvalue weighted by Crippen LogP contribution is -2.57. The molecule has 3 aromatic heterocycles. The fraction of sp³-hybridized carbons (Fsp3) is 0.368. The standard InChI is InChI=1S/C19H18N8O/c20-9-13-4-5-17-21-10-16(27(17)24-13)15-8-18(23-12-22-15)25-6-7-26-14(11-25)2-1-3-19(26)28/h4-5,8,10,12,14H,1-3,6-7,11H2. The van der Waals surface area contributed by atoms with E-state index in [-0.39, 0.29) is 11.9 Å². The molecular weight excluding hydrogens is 356 g/mol. The van der Waals surface area contributed by atoms with Gasteiger partial charge in [-0.1, -0.05) is 0 Å². The molecule has 0 saturated carbocycles. The molecule has 2 aliphatic heterocycles. The lowest BCUT2D eigenvalue weighted by molar-refractivity contribution is -0.136. The van der Waals surface area contributed by atoms with Gasteiger partial charge in [0.1, 0.15) is 23.9 Å². The summed E-state index contributed by atoms with van der Waals surface area (Å²) in [5.41, 5.74) is 2.38. The van der Waals surface area contributed by atoms with Crippen LogP contribution in [0.25, 0.3) is 17.0 Å². The summed E-state index contributed by atoms with van der Waals surface area (Å²) in [7, 11) is 0. The minimum absolute atomic E-state index is 0.254. The first-order chi connectivity index (χ1) is 13.7. The average Bonchev–Trinajstić information content (AvgIpc) is 3.17. The number of amides is 1. The number of rotatable bonds is 2. The predicted molar refractivity (Wildman–Crippen MR) is 100 cm³/mol. The molecule has 0 bridgehead atoms. The van der Waals surface area contributed by atoms with Gasteiger partial charge in [-0.15, -0.1) is 0 Å². The van der Waals surface area contributed by atoms with Gasteiger partial charge in [0, 0.05) is 38.2 Å². The number of imidazole rings is 1. The maximum Gasteiger partial charge on any atom is 0.222 e. The summed E-state index contributed by atoms with van der Waals surface area (Å²) in [5.74, 6) is 1.10. The van der Waals surface area contributed by atoms with E-state index in [2.05, 4.69) is 25.0 Å². The van der Waals surface area contributed by atoms with Gasteiger partial charge >= 0.3 is 0 Å². The molecule has 2 fully saturated rings. The van der Waals surface area contributed by atoms with Gasteiger partial charge in [-0.3, -0.25) is 4.79 Å². The van der Waals surface area contributed by atoms with Gasteiger partial charge in [-0.2, -0.15) is 10.4 Å². The zero-order chi connectivity index (χ0) is 19.1. The Morgan fingerprint density at radius 1 is 1.18 bits per heavy atom. The van der Waals surface area contributed by atoms with Crippen LogP contribution in [0.5, 0.6) is 0 Å². The zero-order valence-corrected chi connectivity index (χ0v) is 15.2. The third-order valence-corrected chi connectivity index (χ3v) is 5.45. The van der Waals surface area contributed by atoms with Gasteiger partial charge in [0.15, 0.2) is 11.3 Å². The highest BCUT2D eigenvalue weighted by Gasteiger charge is 2.33. The van der Waals surface area contributed by atoms with Crippen LogP contribution in [0, 0.1) is 11.3 Å². The number of piperidine rings is 1. The molecule has 9 heteroatoms. The molecule has 140 valence electrons. The van der Waals surface area contributed by atoms with Gasteiger partial charge in [0.25, 0.3) is 0 Å². The fourth-order valence-electron chi connectivity index (χ4n) is 4.04. The molecule has 1 unspecified atom stereocenters. The summed E-state index contributed by atoms with van der Waals surface area (Å²) >= 11 is 0. The van der Waals surface area contributed by atoms with E-state index in [1.807, 2.05) is 17.0 Å². The molecule has 2 saturated heterocycles. The molecule has 5 rings (SSSR count). The molecule has 9 nitrogen and oxygen atoms in total. The number of anilines is 1. The van der Waals surface area contributed by atoms with Crippen molar-refractivity contribution >= 4 is 17.4 Å². The second-order valence-corrected chi connectivity index (χ2v) is 7.08. The van der Waals surface area contributed by atoms with Crippen molar-refractivity contribution in [3.63, 3.8) is 0 Å². The van der Waals surface area contributed by atoms with Crippen LogP contribution in [0.15, 0.2) is 30.7 Å². The summed E-state index contributed by atoms with van der Waals surface area (Å²) in [6.45, 7) is 2.26. The Labute approximate surface area is 161 Å². The Hall–Kier alpha value is -3.54. The first kappa shape index (κ1) is 16.6. The van der Waals surface area contributed by atoms with Gasteiger partial charge in [-0.25, -0.2) is 19.5 Å². The number of carbonyl (C=O) groups is 1. The van der Waals surface area contributed by atoms with Crippen molar-refractivity contribution in [3.05, 3.63) is 36.4 Å². The maximum absolute atomic E-state index is 12.1. The van der Waals surface area contributed by atoms with E-state index in [0.29, 0.717) is 29.1 Å². The van der Waals surface area contributed by atoms with E-state index in [1.165, 1.54) is 6.33 Å². The number of aromatic nitrogens is 5. The van der Waals surface area contributed by atoms with Crippen LogP contribution in [0.2, 0.25) is 0 Å². The number of hydrogen-bond donors (Lipinski definition) is 0. The molecule has 28 heavy (non-hydrogen) atoms. The molecule has 0 aliphatic carbocycles. The maximum atomic E-state index is 12.1. The Morgan fingerprint density at radius 2 is 2.11 bits per heavy atom. The van der Waals surface area contributed by atoms with Crippen molar-refractivity contribution in [2.75, 3.05) is 24.5 Å². The molecule has 3 aromatic rings. The number of fused-ring (bicyclic) bond motifs is 2. The summed E-state index contributed by atoms with van der Waals surface area (Å²) in [6, 6.07) is 7.62. The van der Waals surface area contributed by atoms with Gasteiger partial charge in [0.2, 0.25) is 5.91 Å². The highest BCUT2D eigenvalue weighted by molar-refractivity contribution is 5.77. The molecule has 0 aromatic carbocycles. The first-order valence-corrected chi connectivity index (χ1v) is 9.34. The van der Waals surface area contributed by atoms with E-state index < -0.39 is 0 Å². The zero-order valence-electron chi connectivity index (χ0n) is 15.2. The SMILES string of the molecule is N#Cc1ccc2ncc(-c3cc(N4CCN5C(=O)CCCC5C4)ncn3)n2n1. The third-order valence-electron chi connectivity index (χ3n) is 5.45. The van der Waals surface area contributed by atoms with Gasteiger partial charge in [0.05, 0.1) is 11.9 Å². The first-order valence-electron chi connectivity index (χ1n) is 9.34. The van der Waals surface area contributed by atoms with E-state index in [0.717, 1.165) is 38.3 Å². The smallest absolute Gasteiger partial charge is 0.222 e. The van der Waals surface area contributed by atoms with Crippen LogP contribution >= 0.6 is 0 Å². The van der Waals surface area contributed by atoms with E-state index in [4.69, 9.17) is 5.26 Å². The van der Waals surface area contributed by atoms with E-state index >= 15 is 0 Å². The second-order valence-electron chi connectivity index (χ2n) is 7.08. The number of hydrogen-bond acceptors (Lipinski definition) is 7. The Bertz CT molecular complexity index is 1100. The van der Waals surface area contributed by atoms with E-state index in [1.54, 1.807) is 22.8 Å². The third kappa shape index (κ3) is 2.74. The van der Waals surface area contributed by atoms with Crippen molar-refractivity contribution in [2.24, 2.45) is 0 Å². The van der Waals surface area contributed by atoms with Crippen LogP contribution in [0.1, 0.15) is 25.0 Å². The van der Waals surface area contributed by atoms with Crippen molar-refractivity contribution in [1.82, 2.24) is 29.5 Å². The highest BCUT2D eigenvalue weighted by Crippen LogP contribution is 2.27. The summed E-state index contributed by atoms with van der Waals surface area (Å²) < 4.78 is 1.63. The minimum Gasteiger partial charge on any atom is -0.353 e. The molecule has 0 spiro atoms. The summed E-state index contributed by atoms with van der Waals surface area (Å²) in [4.78, 5) is 29.5. The van der Waals surface area contributed by atoms with Crippen LogP contribution in [0.4, 0.5) is 5.82 Å². The quantitative estimate of drug-likeness (QED) is 0.665. The van der Waals surface area contributed by atoms with Crippen LogP contribution in [0.3, 0.4) is 0 Å². The van der Waals surface area contributed by atoms with E-state index in [9.17, 15) is 4.79 Å². The number of nitrogens with zero attached hydrogens (tertiary/aromatic N) is 8. The van der Waals surface area contributed by atoms with Gasteiger partial charge in [-0.05, 0) is 25.0 Å². The normalized spacial score (nSPS) is 19.5. The summed E-state index contributed by atoms with van der Waals surface area (Å²) in [6.07, 6.45) is 5.90. The lowest BCUT2D eigenvalue weighted by atomic mass is 9.99. The number of carbonyl (C=O) groups excluding carboxylic acids is 1. The molecule has 0 radical (unpaired) electrons. The molecule has 1 atom stereocenters. The Morgan fingerprint density at radius 3 is 3.00 bits per heavy atom. The summed E-state index contributed by atoms with van der Waals surface area (Å²) in [5, 5.41) is 13.4. The Kier molecular flexibility index (Phi) is 3.90. The van der Waals surface area contributed by atoms with Crippen molar-refractivity contribution in [2.45, 2.75) is 25.3 Å². The van der Waals surface area contributed by atoms with Crippen LogP contribution in [-0.2, 0) is 4.79 Å². The van der Waals surface area contributed by atoms with Gasteiger partial charge < -0.3 is 9.80 Å². The predicted octanol–water partition coefficient (Wildman–Crippen LogP) is 1.26. The fourth-order valence-corrected chi connectivity index (χ4v) is 4.04. The van der Waals surface area contributed by atoms with Crippen molar-refractivity contribution in [3.8, 4) is 17.5 Å². The van der Waals surface area contributed by atoms with Crippen LogP contribution in [-0.4, -0.2) is 61.0 Å². The molecule has 1 amide bonds. The highest BCUT2D eigenvalue weighted by atomic mass is 16.2. The molecule has 0 N–H and O–H groups in total. The topological polar surface area (TPSA) is 103 Å². The van der Waals surface area contributed by atoms with Crippen LogP contribution < -0.4 is 4.90 Å². The van der Waals surface area contributed by atoms with Crippen molar-refractivity contribution < 1.29 is 4.79 Å². The monoisotopic (exact) mass is 374 g/mol. The molecular formula is C19H18N8O. The average molecular weight is 374 g/mol. The minimum atomic E-state index is 0.254. The number of piperazine rings is 1. The second kappa shape index (κ2) is 6.56. The molecule has 5 heterocycles. The lowest BCUT2D eigenvalue weighted by Gasteiger charge is -2.44. The largest absolute Gasteiger partial charge is 0.353 e. The Balaban J connectivity index is 1.46. The van der Waals surface area contributed by atoms with Crippen molar-refractivity contribution in [1.29, 1.82) is 5.26 Å². The number of nitriles is 1.